The molecular formula is C25H44O4. The normalized spacial score (nSPS) is 24.1. The molecule has 4 unspecified atom stereocenters. The third-order valence-corrected chi connectivity index (χ3v) is 6.04. The van der Waals surface area contributed by atoms with Crippen LogP contribution < -0.4 is 0 Å². The minimum absolute atomic E-state index is 0.0188. The zero-order valence-corrected chi connectivity index (χ0v) is 19.3. The first-order valence-electron chi connectivity index (χ1n) is 12.0. The van der Waals surface area contributed by atoms with Crippen molar-refractivity contribution in [2.24, 2.45) is 23.7 Å². The third kappa shape index (κ3) is 9.82. The highest BCUT2D eigenvalue weighted by atomic mass is 16.5. The van der Waals surface area contributed by atoms with Crippen LogP contribution in [-0.4, -0.2) is 25.2 Å². The quantitative estimate of drug-likeness (QED) is 0.187. The van der Waals surface area contributed by atoms with Gasteiger partial charge in [-0.15, -0.1) is 0 Å². The summed E-state index contributed by atoms with van der Waals surface area (Å²) >= 11 is 0. The van der Waals surface area contributed by atoms with E-state index in [1.807, 2.05) is 13.8 Å². The summed E-state index contributed by atoms with van der Waals surface area (Å²) in [5.74, 6) is -1.29. The molecule has 0 spiro atoms. The average molecular weight is 409 g/mol. The van der Waals surface area contributed by atoms with Crippen LogP contribution in [0.2, 0.25) is 0 Å². The maximum atomic E-state index is 12.9. The summed E-state index contributed by atoms with van der Waals surface area (Å²) in [6.07, 6.45) is 16.1. The molecule has 0 heterocycles. The third-order valence-electron chi connectivity index (χ3n) is 6.04. The van der Waals surface area contributed by atoms with Crippen molar-refractivity contribution in [2.75, 3.05) is 13.2 Å². The Bertz CT molecular complexity index is 485. The minimum atomic E-state index is -0.452. The van der Waals surface area contributed by atoms with E-state index in [0.29, 0.717) is 13.2 Å². The van der Waals surface area contributed by atoms with Gasteiger partial charge >= 0.3 is 11.9 Å². The first-order valence-corrected chi connectivity index (χ1v) is 12.0. The Balaban J connectivity index is 2.60. The zero-order valence-electron chi connectivity index (χ0n) is 19.3. The molecule has 1 rings (SSSR count). The van der Waals surface area contributed by atoms with E-state index in [0.717, 1.165) is 32.1 Å². The van der Waals surface area contributed by atoms with E-state index < -0.39 is 11.8 Å². The van der Waals surface area contributed by atoms with Crippen LogP contribution in [0.1, 0.15) is 98.3 Å². The Kier molecular flexibility index (Phi) is 13.8. The van der Waals surface area contributed by atoms with Crippen LogP contribution in [0.25, 0.3) is 0 Å². The summed E-state index contributed by atoms with van der Waals surface area (Å²) in [5.41, 5.74) is 0. The molecule has 0 aliphatic heterocycles. The first-order chi connectivity index (χ1) is 14.0. The lowest BCUT2D eigenvalue weighted by Crippen LogP contribution is -2.39. The standard InChI is InChI=1S/C25H44O4/c1-5-7-9-11-13-18-28-24(26)22-20(3)16-15-17-21(4)23(22)25(27)29-19-14-12-10-8-6-2/h15-16,20-23H,5-14,17-19H2,1-4H3. The van der Waals surface area contributed by atoms with Crippen LogP contribution in [-0.2, 0) is 19.1 Å². The number of esters is 2. The van der Waals surface area contributed by atoms with Crippen LogP contribution in [0.3, 0.4) is 0 Å². The Morgan fingerprint density at radius 2 is 1.24 bits per heavy atom. The Hall–Kier alpha value is -1.32. The van der Waals surface area contributed by atoms with Gasteiger partial charge in [-0.3, -0.25) is 9.59 Å². The summed E-state index contributed by atoms with van der Waals surface area (Å²) in [4.78, 5) is 25.8. The molecule has 0 radical (unpaired) electrons. The van der Waals surface area contributed by atoms with Crippen LogP contribution in [0, 0.1) is 23.7 Å². The monoisotopic (exact) mass is 408 g/mol. The molecule has 0 saturated heterocycles. The maximum absolute atomic E-state index is 12.9. The van der Waals surface area contributed by atoms with Gasteiger partial charge in [-0.2, -0.15) is 0 Å². The van der Waals surface area contributed by atoms with Gasteiger partial charge in [0.25, 0.3) is 0 Å². The lowest BCUT2D eigenvalue weighted by Gasteiger charge is -2.29. The van der Waals surface area contributed by atoms with Crippen molar-refractivity contribution in [3.63, 3.8) is 0 Å². The van der Waals surface area contributed by atoms with Gasteiger partial charge in [-0.25, -0.2) is 0 Å². The molecule has 1 aliphatic rings. The molecule has 168 valence electrons. The van der Waals surface area contributed by atoms with Gasteiger partial charge in [0.2, 0.25) is 0 Å². The zero-order chi connectivity index (χ0) is 21.5. The summed E-state index contributed by atoms with van der Waals surface area (Å²) in [5, 5.41) is 0. The first kappa shape index (κ1) is 25.7. The molecule has 0 saturated carbocycles. The smallest absolute Gasteiger partial charge is 0.310 e. The van der Waals surface area contributed by atoms with E-state index in [2.05, 4.69) is 26.0 Å². The fourth-order valence-electron chi connectivity index (χ4n) is 4.14. The summed E-state index contributed by atoms with van der Waals surface area (Å²) in [7, 11) is 0. The Morgan fingerprint density at radius 3 is 1.76 bits per heavy atom. The summed E-state index contributed by atoms with van der Waals surface area (Å²) in [6, 6.07) is 0. The largest absolute Gasteiger partial charge is 0.465 e. The molecule has 0 amide bonds. The van der Waals surface area contributed by atoms with Crippen molar-refractivity contribution in [1.29, 1.82) is 0 Å². The van der Waals surface area contributed by atoms with Crippen molar-refractivity contribution in [3.8, 4) is 0 Å². The highest BCUT2D eigenvalue weighted by Crippen LogP contribution is 2.35. The number of ether oxygens (including phenoxy) is 2. The van der Waals surface area contributed by atoms with Gasteiger partial charge in [0.15, 0.2) is 0 Å². The molecule has 0 aromatic heterocycles. The second kappa shape index (κ2) is 15.5. The highest BCUT2D eigenvalue weighted by Gasteiger charge is 2.42. The van der Waals surface area contributed by atoms with E-state index in [1.165, 1.54) is 38.5 Å². The number of hydrogen-bond acceptors (Lipinski definition) is 4. The molecule has 0 fully saturated rings. The van der Waals surface area contributed by atoms with Gasteiger partial charge < -0.3 is 9.47 Å². The van der Waals surface area contributed by atoms with Crippen LogP contribution in [0.15, 0.2) is 12.2 Å². The topological polar surface area (TPSA) is 52.6 Å². The van der Waals surface area contributed by atoms with Crippen LogP contribution in [0.4, 0.5) is 0 Å². The summed E-state index contributed by atoms with van der Waals surface area (Å²) < 4.78 is 11.2. The molecule has 0 bridgehead atoms. The van der Waals surface area contributed by atoms with Crippen molar-refractivity contribution < 1.29 is 19.1 Å². The lowest BCUT2D eigenvalue weighted by atomic mass is 9.77. The fraction of sp³-hybridized carbons (Fsp3) is 0.840. The van der Waals surface area contributed by atoms with Crippen molar-refractivity contribution in [3.05, 3.63) is 12.2 Å². The minimum Gasteiger partial charge on any atom is -0.465 e. The Morgan fingerprint density at radius 1 is 0.759 bits per heavy atom. The Labute approximate surface area is 178 Å². The molecule has 1 aliphatic carbocycles. The van der Waals surface area contributed by atoms with E-state index in [9.17, 15) is 9.59 Å². The number of unbranched alkanes of at least 4 members (excludes halogenated alkanes) is 8. The SMILES string of the molecule is CCCCCCCOC(=O)C1C(C)C=CCC(C)C1C(=O)OCCCCCCC. The molecule has 4 atom stereocenters. The van der Waals surface area contributed by atoms with Crippen molar-refractivity contribution in [1.82, 2.24) is 0 Å². The number of carbonyl (C=O) groups excluding carboxylic acids is 2. The predicted octanol–water partition coefficient (Wildman–Crippen LogP) is 6.48. The average Bonchev–Trinajstić information content (AvgIpc) is 2.85. The van der Waals surface area contributed by atoms with E-state index >= 15 is 0 Å². The van der Waals surface area contributed by atoms with Gasteiger partial charge in [-0.05, 0) is 31.1 Å². The molecule has 0 N–H and O–H groups in total. The van der Waals surface area contributed by atoms with Gasteiger partial charge in [0.1, 0.15) is 0 Å². The molecule has 29 heavy (non-hydrogen) atoms. The van der Waals surface area contributed by atoms with Gasteiger partial charge in [0, 0.05) is 0 Å². The number of allylic oxidation sites excluding steroid dienone is 2. The second-order valence-electron chi connectivity index (χ2n) is 8.72. The number of rotatable bonds is 14. The van der Waals surface area contributed by atoms with Crippen molar-refractivity contribution in [2.45, 2.75) is 98.3 Å². The molecular weight excluding hydrogens is 364 g/mol. The second-order valence-corrected chi connectivity index (χ2v) is 8.72. The molecule has 0 aromatic carbocycles. The lowest BCUT2D eigenvalue weighted by molar-refractivity contribution is -0.164. The van der Waals surface area contributed by atoms with Crippen LogP contribution >= 0.6 is 0 Å². The van der Waals surface area contributed by atoms with Gasteiger partial charge in [-0.1, -0.05) is 91.2 Å². The number of carbonyl (C=O) groups is 2. The number of hydrogen-bond donors (Lipinski definition) is 0. The van der Waals surface area contributed by atoms with E-state index in [1.54, 1.807) is 0 Å². The van der Waals surface area contributed by atoms with E-state index in [-0.39, 0.29) is 23.8 Å². The van der Waals surface area contributed by atoms with Gasteiger partial charge in [0.05, 0.1) is 25.0 Å². The highest BCUT2D eigenvalue weighted by molar-refractivity contribution is 5.83. The molecule has 4 nitrogen and oxygen atoms in total. The van der Waals surface area contributed by atoms with E-state index in [4.69, 9.17) is 9.47 Å². The molecule has 4 heteroatoms. The fourth-order valence-corrected chi connectivity index (χ4v) is 4.14. The molecule has 0 aromatic rings. The summed E-state index contributed by atoms with van der Waals surface area (Å²) in [6.45, 7) is 9.32. The van der Waals surface area contributed by atoms with Crippen molar-refractivity contribution >= 4 is 11.9 Å². The predicted molar refractivity (Wildman–Crippen MR) is 119 cm³/mol. The van der Waals surface area contributed by atoms with Crippen LogP contribution in [0.5, 0.6) is 0 Å². The maximum Gasteiger partial charge on any atom is 0.310 e.